The fourth-order valence-corrected chi connectivity index (χ4v) is 4.08. The van der Waals surface area contributed by atoms with E-state index in [9.17, 15) is 4.79 Å². The summed E-state index contributed by atoms with van der Waals surface area (Å²) in [5.41, 5.74) is 3.68. The first kappa shape index (κ1) is 22.9. The smallest absolute Gasteiger partial charge is 0.234 e. The molecule has 8 heteroatoms. The van der Waals surface area contributed by atoms with Crippen molar-refractivity contribution in [3.63, 3.8) is 0 Å². The molecule has 33 heavy (non-hydrogen) atoms. The highest BCUT2D eigenvalue weighted by Gasteiger charge is 2.17. The van der Waals surface area contributed by atoms with Gasteiger partial charge in [0.15, 0.2) is 11.0 Å². The number of nitrogens with one attached hydrogen (secondary N) is 1. The van der Waals surface area contributed by atoms with Crippen molar-refractivity contribution in [2.75, 3.05) is 17.7 Å². The molecule has 0 saturated carbocycles. The molecule has 1 aromatic heterocycles. The summed E-state index contributed by atoms with van der Waals surface area (Å²) in [6, 6.07) is 22.9. The Morgan fingerprint density at radius 3 is 2.36 bits per heavy atom. The Kier molecular flexibility index (Phi) is 7.32. The van der Waals surface area contributed by atoms with Gasteiger partial charge < -0.3 is 10.1 Å². The summed E-state index contributed by atoms with van der Waals surface area (Å²) in [6.45, 7) is 4.57. The Morgan fingerprint density at radius 2 is 1.70 bits per heavy atom. The van der Waals surface area contributed by atoms with Gasteiger partial charge in [-0.1, -0.05) is 41.1 Å². The molecule has 1 amide bonds. The largest absolute Gasteiger partial charge is 0.494 e. The number of aromatic nitrogens is 3. The fraction of sp³-hybridized carbons (Fsp3) is 0.160. The normalized spacial score (nSPS) is 10.8. The molecule has 0 unspecified atom stereocenters. The number of nitrogens with zero attached hydrogens (tertiary/aromatic N) is 3. The number of rotatable bonds is 8. The van der Waals surface area contributed by atoms with Gasteiger partial charge in [0, 0.05) is 22.0 Å². The predicted octanol–water partition coefficient (Wildman–Crippen LogP) is 6.03. The summed E-state index contributed by atoms with van der Waals surface area (Å²) >= 11 is 7.39. The summed E-state index contributed by atoms with van der Waals surface area (Å²) in [6.07, 6.45) is 0. The van der Waals surface area contributed by atoms with Gasteiger partial charge in [-0.25, -0.2) is 0 Å². The van der Waals surface area contributed by atoms with Crippen LogP contribution in [0.5, 0.6) is 5.75 Å². The van der Waals surface area contributed by atoms with Gasteiger partial charge in [-0.3, -0.25) is 9.36 Å². The molecule has 0 fully saturated rings. The van der Waals surface area contributed by atoms with Crippen LogP contribution >= 0.6 is 23.4 Å². The number of carbonyl (C=O) groups is 1. The van der Waals surface area contributed by atoms with E-state index in [1.165, 1.54) is 11.8 Å². The van der Waals surface area contributed by atoms with E-state index in [1.807, 2.05) is 91.2 Å². The van der Waals surface area contributed by atoms with Crippen LogP contribution in [0.2, 0.25) is 5.02 Å². The second-order valence-corrected chi connectivity index (χ2v) is 8.66. The van der Waals surface area contributed by atoms with Gasteiger partial charge >= 0.3 is 0 Å². The highest BCUT2D eigenvalue weighted by molar-refractivity contribution is 7.99. The third kappa shape index (κ3) is 5.74. The Bertz CT molecular complexity index is 1220. The molecule has 168 valence electrons. The minimum Gasteiger partial charge on any atom is -0.494 e. The number of amides is 1. The summed E-state index contributed by atoms with van der Waals surface area (Å²) in [4.78, 5) is 12.6. The fourth-order valence-electron chi connectivity index (χ4n) is 3.20. The van der Waals surface area contributed by atoms with Gasteiger partial charge in [-0.2, -0.15) is 0 Å². The zero-order chi connectivity index (χ0) is 23.2. The number of hydrogen-bond donors (Lipinski definition) is 1. The minimum atomic E-state index is -0.129. The maximum Gasteiger partial charge on any atom is 0.234 e. The van der Waals surface area contributed by atoms with Crippen molar-refractivity contribution in [1.29, 1.82) is 0 Å². The van der Waals surface area contributed by atoms with Crippen LogP contribution in [0.15, 0.2) is 78.0 Å². The number of ether oxygens (including phenoxy) is 1. The Hall–Kier alpha value is -3.29. The molecular weight excluding hydrogens is 456 g/mol. The van der Waals surface area contributed by atoms with E-state index in [0.717, 1.165) is 22.6 Å². The monoisotopic (exact) mass is 478 g/mol. The van der Waals surface area contributed by atoms with Crippen molar-refractivity contribution in [2.24, 2.45) is 0 Å². The minimum absolute atomic E-state index is 0.129. The molecule has 0 bridgehead atoms. The van der Waals surface area contributed by atoms with Crippen molar-refractivity contribution in [2.45, 2.75) is 19.0 Å². The molecule has 4 rings (SSSR count). The van der Waals surface area contributed by atoms with Crippen molar-refractivity contribution < 1.29 is 9.53 Å². The van der Waals surface area contributed by atoms with E-state index in [-0.39, 0.29) is 11.7 Å². The zero-order valence-electron chi connectivity index (χ0n) is 18.3. The van der Waals surface area contributed by atoms with E-state index >= 15 is 0 Å². The van der Waals surface area contributed by atoms with Gasteiger partial charge in [0.2, 0.25) is 5.91 Å². The van der Waals surface area contributed by atoms with Crippen LogP contribution in [0, 0.1) is 6.92 Å². The Morgan fingerprint density at radius 1 is 1.00 bits per heavy atom. The van der Waals surface area contributed by atoms with E-state index in [1.54, 1.807) is 0 Å². The van der Waals surface area contributed by atoms with Crippen molar-refractivity contribution in [3.8, 4) is 22.8 Å². The van der Waals surface area contributed by atoms with Crippen LogP contribution in [0.25, 0.3) is 17.1 Å². The third-order valence-corrected chi connectivity index (χ3v) is 5.99. The van der Waals surface area contributed by atoms with Crippen LogP contribution in [0.3, 0.4) is 0 Å². The summed E-state index contributed by atoms with van der Waals surface area (Å²) in [5, 5.41) is 13.0. The molecule has 0 aliphatic rings. The van der Waals surface area contributed by atoms with Crippen molar-refractivity contribution >= 4 is 35.0 Å². The third-order valence-electron chi connectivity index (χ3n) is 4.81. The average Bonchev–Trinajstić information content (AvgIpc) is 3.24. The molecule has 0 atom stereocenters. The number of anilines is 1. The van der Waals surface area contributed by atoms with Gasteiger partial charge in [-0.05, 0) is 74.5 Å². The van der Waals surface area contributed by atoms with Gasteiger partial charge in [0.1, 0.15) is 5.75 Å². The van der Waals surface area contributed by atoms with E-state index in [2.05, 4.69) is 15.5 Å². The van der Waals surface area contributed by atoms with Gasteiger partial charge in [-0.15, -0.1) is 10.2 Å². The Balaban J connectivity index is 1.53. The quantitative estimate of drug-likeness (QED) is 0.313. The van der Waals surface area contributed by atoms with E-state index in [0.29, 0.717) is 28.3 Å². The standard InChI is InChI=1S/C25H23ClN4O2S/c1-3-32-22-14-10-20(11-15-22)27-23(31)16-33-25-29-28-24(18-6-8-19(26)9-7-18)30(25)21-12-4-17(2)5-13-21/h4-15H,3,16H2,1-2H3,(H,27,31). The molecule has 3 aromatic carbocycles. The maximum atomic E-state index is 12.6. The van der Waals surface area contributed by atoms with Crippen molar-refractivity contribution in [3.05, 3.63) is 83.4 Å². The lowest BCUT2D eigenvalue weighted by molar-refractivity contribution is -0.113. The highest BCUT2D eigenvalue weighted by Crippen LogP contribution is 2.29. The average molecular weight is 479 g/mol. The van der Waals surface area contributed by atoms with E-state index < -0.39 is 0 Å². The molecule has 0 aliphatic heterocycles. The van der Waals surface area contributed by atoms with E-state index in [4.69, 9.17) is 16.3 Å². The molecule has 1 N–H and O–H groups in total. The molecule has 1 heterocycles. The molecule has 0 spiro atoms. The first-order valence-corrected chi connectivity index (χ1v) is 11.8. The number of hydrogen-bond acceptors (Lipinski definition) is 5. The highest BCUT2D eigenvalue weighted by atomic mass is 35.5. The lowest BCUT2D eigenvalue weighted by atomic mass is 10.2. The lowest BCUT2D eigenvalue weighted by Gasteiger charge is -2.11. The van der Waals surface area contributed by atoms with Gasteiger partial charge in [0.25, 0.3) is 0 Å². The van der Waals surface area contributed by atoms with Crippen molar-refractivity contribution in [1.82, 2.24) is 14.8 Å². The van der Waals surface area contributed by atoms with Gasteiger partial charge in [0.05, 0.1) is 12.4 Å². The molecule has 0 saturated heterocycles. The molecule has 4 aromatic rings. The van der Waals surface area contributed by atoms with Crippen LogP contribution in [0.1, 0.15) is 12.5 Å². The number of halogens is 1. The Labute approximate surface area is 202 Å². The predicted molar refractivity (Wildman–Crippen MR) is 134 cm³/mol. The SMILES string of the molecule is CCOc1ccc(NC(=O)CSc2nnc(-c3ccc(Cl)cc3)n2-c2ccc(C)cc2)cc1. The molecule has 0 aliphatic carbocycles. The maximum absolute atomic E-state index is 12.6. The number of carbonyl (C=O) groups excluding carboxylic acids is 1. The lowest BCUT2D eigenvalue weighted by Crippen LogP contribution is -2.14. The van der Waals surface area contributed by atoms with Crippen LogP contribution < -0.4 is 10.1 Å². The topological polar surface area (TPSA) is 69.0 Å². The van der Waals surface area contributed by atoms with Crippen LogP contribution in [-0.4, -0.2) is 33.0 Å². The molecule has 0 radical (unpaired) electrons. The number of aryl methyl sites for hydroxylation is 1. The first-order valence-electron chi connectivity index (χ1n) is 10.5. The summed E-state index contributed by atoms with van der Waals surface area (Å²) in [7, 11) is 0. The number of thioether (sulfide) groups is 1. The number of benzene rings is 3. The summed E-state index contributed by atoms with van der Waals surface area (Å²) in [5.74, 6) is 1.52. The van der Waals surface area contributed by atoms with Crippen LogP contribution in [-0.2, 0) is 4.79 Å². The van der Waals surface area contributed by atoms with Crippen LogP contribution in [0.4, 0.5) is 5.69 Å². The molecule has 6 nitrogen and oxygen atoms in total. The second-order valence-electron chi connectivity index (χ2n) is 7.28. The molecular formula is C25H23ClN4O2S. The first-order chi connectivity index (χ1) is 16.0. The summed E-state index contributed by atoms with van der Waals surface area (Å²) < 4.78 is 7.39. The second kappa shape index (κ2) is 10.6. The zero-order valence-corrected chi connectivity index (χ0v) is 19.9.